The molecule has 11 nitrogen and oxygen atoms in total. The van der Waals surface area contributed by atoms with Gasteiger partial charge >= 0.3 is 6.03 Å². The molecule has 4 unspecified atom stereocenters. The molecule has 0 aliphatic carbocycles. The van der Waals surface area contributed by atoms with E-state index in [0.717, 1.165) is 60.5 Å². The molecule has 2 fully saturated rings. The topological polar surface area (TPSA) is 146 Å². The minimum atomic E-state index is -3.71. The van der Waals surface area contributed by atoms with E-state index in [9.17, 15) is 18.5 Å². The first-order valence-corrected chi connectivity index (χ1v) is 19.3. The molecule has 48 heavy (non-hydrogen) atoms. The highest BCUT2D eigenvalue weighted by molar-refractivity contribution is 8.00. The molecule has 2 saturated heterocycles. The number of urea groups is 1. The predicted octanol–water partition coefficient (Wildman–Crippen LogP) is 3.56. The first-order valence-electron chi connectivity index (χ1n) is 16.6. The fourth-order valence-corrected chi connectivity index (χ4v) is 9.76. The molecule has 0 bridgehead atoms. The molecule has 3 aliphatic rings. The standard InChI is InChI=1S/C35H42N8O3S2/c36-19-27-12-14-32-28(18-27)21-43(30(13-11-26-8-3-1-4-9-26)23-42(32)22-29-20-38-25-39-29)48(45,46)17-7-16-37-15-6-2-5-10-33-34-31(24-47-33)40-35(44)41-34/h1,3-4,8-9,12,14,18,20,25,30-31,33-34,37H,2,5-7,10,15-17,21-24H2,(H,38,39)(H2,40,41,44). The summed E-state index contributed by atoms with van der Waals surface area (Å²) in [4.78, 5) is 21.0. The Morgan fingerprint density at radius 2 is 1.90 bits per heavy atom. The maximum absolute atomic E-state index is 14.0. The number of benzene rings is 2. The number of carbonyl (C=O) groups excluding carboxylic acids is 1. The lowest BCUT2D eigenvalue weighted by molar-refractivity contribution is 0.247. The molecular weight excluding hydrogens is 645 g/mol. The zero-order valence-corrected chi connectivity index (χ0v) is 28.5. The smallest absolute Gasteiger partial charge is 0.315 e. The van der Waals surface area contributed by atoms with Crippen LogP contribution < -0.4 is 20.9 Å². The molecule has 6 rings (SSSR count). The van der Waals surface area contributed by atoms with Gasteiger partial charge in [-0.3, -0.25) is 0 Å². The summed E-state index contributed by atoms with van der Waals surface area (Å²) in [7, 11) is -3.71. The van der Waals surface area contributed by atoms with E-state index < -0.39 is 16.1 Å². The number of anilines is 1. The number of fused-ring (bicyclic) bond motifs is 2. The van der Waals surface area contributed by atoms with Crippen molar-refractivity contribution in [2.45, 2.75) is 68.6 Å². The Morgan fingerprint density at radius 1 is 1.04 bits per heavy atom. The van der Waals surface area contributed by atoms with Crippen LogP contribution >= 0.6 is 11.8 Å². The number of aromatic amines is 1. The fourth-order valence-electron chi connectivity index (χ4n) is 6.63. The predicted molar refractivity (Wildman–Crippen MR) is 189 cm³/mol. The average Bonchev–Trinajstić information content (AvgIpc) is 3.80. The SMILES string of the molecule is N#Cc1ccc2c(c1)CN(S(=O)(=O)CCCNCCCCCC1SCC3NC(=O)NC31)C(C#Cc1ccccc1)CN2Cc1cnc[nH]1. The van der Waals surface area contributed by atoms with Crippen molar-refractivity contribution in [2.75, 3.05) is 36.0 Å². The van der Waals surface area contributed by atoms with E-state index in [2.05, 4.69) is 48.7 Å². The number of thioether (sulfide) groups is 1. The number of sulfonamides is 1. The maximum Gasteiger partial charge on any atom is 0.315 e. The van der Waals surface area contributed by atoms with Crippen LogP contribution in [0.2, 0.25) is 0 Å². The van der Waals surface area contributed by atoms with Gasteiger partial charge in [0, 0.05) is 41.5 Å². The van der Waals surface area contributed by atoms with Gasteiger partial charge < -0.3 is 25.8 Å². The third-order valence-electron chi connectivity index (χ3n) is 9.08. The van der Waals surface area contributed by atoms with E-state index in [-0.39, 0.29) is 30.4 Å². The number of nitrogens with zero attached hydrogens (tertiary/aromatic N) is 4. The molecule has 0 radical (unpaired) electrons. The van der Waals surface area contributed by atoms with Gasteiger partial charge in [-0.2, -0.15) is 21.3 Å². The lowest BCUT2D eigenvalue weighted by atomic mass is 10.0. The summed E-state index contributed by atoms with van der Waals surface area (Å²) in [5, 5.41) is 19.6. The molecular formula is C35H42N8O3S2. The van der Waals surface area contributed by atoms with Crippen LogP contribution in [0.1, 0.15) is 54.5 Å². The lowest BCUT2D eigenvalue weighted by Gasteiger charge is -2.29. The van der Waals surface area contributed by atoms with Crippen molar-refractivity contribution in [3.8, 4) is 17.9 Å². The molecule has 0 saturated carbocycles. The Bertz CT molecular complexity index is 1750. The van der Waals surface area contributed by atoms with E-state index in [0.29, 0.717) is 36.9 Å². The molecule has 4 heterocycles. The molecule has 0 spiro atoms. The number of imidazole rings is 1. The zero-order valence-electron chi connectivity index (χ0n) is 26.9. The molecule has 1 aromatic heterocycles. The van der Waals surface area contributed by atoms with Crippen LogP contribution in [0, 0.1) is 23.2 Å². The first-order chi connectivity index (χ1) is 23.4. The summed E-state index contributed by atoms with van der Waals surface area (Å²) in [5.74, 6) is 7.49. The molecule has 252 valence electrons. The Morgan fingerprint density at radius 3 is 2.71 bits per heavy atom. The molecule has 3 aliphatic heterocycles. The largest absolute Gasteiger partial charge is 0.363 e. The number of hydrogen-bond acceptors (Lipinski definition) is 8. The van der Waals surface area contributed by atoms with E-state index in [4.69, 9.17) is 0 Å². The van der Waals surface area contributed by atoms with Gasteiger partial charge in [-0.1, -0.05) is 42.9 Å². The normalized spacial score (nSPS) is 22.1. The monoisotopic (exact) mass is 686 g/mol. The van der Waals surface area contributed by atoms with E-state index in [1.54, 1.807) is 24.7 Å². The Labute approximate surface area is 287 Å². The number of aromatic nitrogens is 2. The number of rotatable bonds is 13. The van der Waals surface area contributed by atoms with Crippen molar-refractivity contribution >= 4 is 33.5 Å². The number of unbranched alkanes of at least 4 members (excludes halogenated alkanes) is 2. The number of H-pyrrole nitrogens is 1. The van der Waals surface area contributed by atoms with Crippen LogP contribution in [0.4, 0.5) is 10.5 Å². The Kier molecular flexibility index (Phi) is 11.2. The Balaban J connectivity index is 1.07. The first kappa shape index (κ1) is 33.9. The number of hydrogen-bond donors (Lipinski definition) is 4. The van der Waals surface area contributed by atoms with Crippen LogP contribution in [0.25, 0.3) is 0 Å². The molecule has 4 N–H and O–H groups in total. The summed E-state index contributed by atoms with van der Waals surface area (Å²) in [6.07, 6.45) is 8.19. The van der Waals surface area contributed by atoms with Crippen molar-refractivity contribution in [2.24, 2.45) is 0 Å². The van der Waals surface area contributed by atoms with Gasteiger partial charge in [0.05, 0.1) is 48.0 Å². The number of nitrogens with one attached hydrogen (secondary N) is 4. The third-order valence-corrected chi connectivity index (χ3v) is 12.5. The van der Waals surface area contributed by atoms with Crippen LogP contribution in [0.15, 0.2) is 61.1 Å². The van der Waals surface area contributed by atoms with Gasteiger partial charge in [-0.05, 0) is 68.2 Å². The van der Waals surface area contributed by atoms with Gasteiger partial charge in [0.25, 0.3) is 0 Å². The van der Waals surface area contributed by atoms with E-state index in [1.165, 1.54) is 4.31 Å². The van der Waals surface area contributed by atoms with Crippen molar-refractivity contribution in [1.29, 1.82) is 5.26 Å². The molecule has 2 amide bonds. The second kappa shape index (κ2) is 15.9. The van der Waals surface area contributed by atoms with Crippen molar-refractivity contribution in [3.63, 3.8) is 0 Å². The van der Waals surface area contributed by atoms with Crippen LogP contribution in [-0.2, 0) is 23.1 Å². The van der Waals surface area contributed by atoms with Crippen molar-refractivity contribution in [3.05, 3.63) is 83.4 Å². The quantitative estimate of drug-likeness (QED) is 0.121. The second-order valence-electron chi connectivity index (χ2n) is 12.5. The number of amides is 2. The van der Waals surface area contributed by atoms with Gasteiger partial charge in [-0.25, -0.2) is 18.2 Å². The van der Waals surface area contributed by atoms with Crippen LogP contribution in [0.5, 0.6) is 0 Å². The summed E-state index contributed by atoms with van der Waals surface area (Å²) in [6, 6.07) is 17.1. The second-order valence-corrected chi connectivity index (χ2v) is 15.8. The number of nitriles is 1. The maximum atomic E-state index is 14.0. The van der Waals surface area contributed by atoms with E-state index in [1.807, 2.05) is 48.2 Å². The van der Waals surface area contributed by atoms with Gasteiger partial charge in [0.2, 0.25) is 10.0 Å². The average molecular weight is 687 g/mol. The molecule has 2 aromatic carbocycles. The van der Waals surface area contributed by atoms with Gasteiger partial charge in [0.1, 0.15) is 6.04 Å². The molecule has 4 atom stereocenters. The minimum absolute atomic E-state index is 0.00144. The fraction of sp³-hybridized carbons (Fsp3) is 0.457. The molecule has 13 heteroatoms. The zero-order chi connectivity index (χ0) is 33.3. The summed E-state index contributed by atoms with van der Waals surface area (Å²) >= 11 is 1.94. The summed E-state index contributed by atoms with van der Waals surface area (Å²) in [5.41, 5.74) is 3.86. The van der Waals surface area contributed by atoms with Gasteiger partial charge in [0.15, 0.2) is 0 Å². The summed E-state index contributed by atoms with van der Waals surface area (Å²) < 4.78 is 29.6. The van der Waals surface area contributed by atoms with Crippen LogP contribution in [0.3, 0.4) is 0 Å². The van der Waals surface area contributed by atoms with E-state index >= 15 is 0 Å². The number of carbonyl (C=O) groups is 1. The third kappa shape index (κ3) is 8.52. The highest BCUT2D eigenvalue weighted by Crippen LogP contribution is 2.33. The van der Waals surface area contributed by atoms with Crippen molar-refractivity contribution < 1.29 is 13.2 Å². The minimum Gasteiger partial charge on any atom is -0.363 e. The molecule has 3 aromatic rings. The van der Waals surface area contributed by atoms with Gasteiger partial charge in [-0.15, -0.1) is 0 Å². The highest BCUT2D eigenvalue weighted by Gasteiger charge is 2.42. The van der Waals surface area contributed by atoms with Crippen LogP contribution in [-0.4, -0.2) is 83.2 Å². The Hall–Kier alpha value is -4.01. The highest BCUT2D eigenvalue weighted by atomic mass is 32.2. The van der Waals surface area contributed by atoms with Crippen molar-refractivity contribution in [1.82, 2.24) is 30.2 Å². The summed E-state index contributed by atoms with van der Waals surface area (Å²) in [6.45, 7) is 2.43. The lowest BCUT2D eigenvalue weighted by Crippen LogP contribution is -2.44.